The van der Waals surface area contributed by atoms with Gasteiger partial charge in [-0.25, -0.2) is 0 Å². The standard InChI is InChI=1S/C63H113NO5/c1-4-7-10-13-16-19-22-25-28-31-34-37-40-43-46-49-52-55-61(66)60(58-65)64-62(67)57-59(54-51-48-45-42-39-36-33-30-27-24-21-18-15-12-9-6-3)69-63(68)56-53-50-47-44-41-38-35-32-29-26-23-20-17-14-11-8-5-2/h12,15,18,21,24,26-27,29-30,33,36,39,59-61,65-66H,4-11,13-14,16-17,19-20,22-23,25,28,31-32,34-35,37-38,40-58H2,1-3H3,(H,64,67)/b15-12+,21-18+,27-24+,29-26+,33-30+,39-36+. The van der Waals surface area contributed by atoms with Crippen LogP contribution in [0, 0.1) is 0 Å². The van der Waals surface area contributed by atoms with Crippen LogP contribution in [0.3, 0.4) is 0 Å². The third-order valence-electron chi connectivity index (χ3n) is 13.4. The van der Waals surface area contributed by atoms with Crippen molar-refractivity contribution in [1.29, 1.82) is 0 Å². The Labute approximate surface area is 428 Å². The Morgan fingerprint density at radius 2 is 0.783 bits per heavy atom. The molecule has 0 rings (SSSR count). The zero-order valence-electron chi connectivity index (χ0n) is 45.7. The van der Waals surface area contributed by atoms with E-state index in [0.717, 1.165) is 70.6 Å². The van der Waals surface area contributed by atoms with Gasteiger partial charge in [-0.05, 0) is 70.6 Å². The van der Waals surface area contributed by atoms with Crippen LogP contribution in [0.1, 0.15) is 290 Å². The highest BCUT2D eigenvalue weighted by atomic mass is 16.5. The lowest BCUT2D eigenvalue weighted by Gasteiger charge is -2.24. The van der Waals surface area contributed by atoms with Crippen molar-refractivity contribution in [2.45, 2.75) is 309 Å². The molecule has 1 amide bonds. The van der Waals surface area contributed by atoms with E-state index in [2.05, 4.69) is 68.6 Å². The molecule has 0 radical (unpaired) electrons. The van der Waals surface area contributed by atoms with Gasteiger partial charge in [0, 0.05) is 6.42 Å². The van der Waals surface area contributed by atoms with E-state index in [1.165, 1.54) is 173 Å². The van der Waals surface area contributed by atoms with Gasteiger partial charge in [-0.2, -0.15) is 0 Å². The fourth-order valence-electron chi connectivity index (χ4n) is 8.87. The minimum absolute atomic E-state index is 0.0464. The number of carbonyl (C=O) groups is 2. The topological polar surface area (TPSA) is 95.9 Å². The molecule has 0 bridgehead atoms. The highest BCUT2D eigenvalue weighted by molar-refractivity contribution is 5.77. The molecule has 0 aromatic rings. The summed E-state index contributed by atoms with van der Waals surface area (Å²) in [5.74, 6) is -0.515. The van der Waals surface area contributed by atoms with Crippen LogP contribution in [-0.2, 0) is 14.3 Å². The maximum atomic E-state index is 13.3. The fourth-order valence-corrected chi connectivity index (χ4v) is 8.87. The molecule has 6 heteroatoms. The van der Waals surface area contributed by atoms with Crippen molar-refractivity contribution in [3.8, 4) is 0 Å². The summed E-state index contributed by atoms with van der Waals surface area (Å²) in [5, 5.41) is 23.9. The van der Waals surface area contributed by atoms with E-state index < -0.39 is 18.2 Å². The van der Waals surface area contributed by atoms with Crippen LogP contribution in [0.15, 0.2) is 72.9 Å². The Balaban J connectivity index is 4.62. The van der Waals surface area contributed by atoms with Gasteiger partial charge < -0.3 is 20.3 Å². The molecule has 0 saturated heterocycles. The van der Waals surface area contributed by atoms with E-state index in [1.54, 1.807) is 0 Å². The summed E-state index contributed by atoms with van der Waals surface area (Å²) in [6.07, 6.45) is 72.5. The first-order valence-electron chi connectivity index (χ1n) is 29.7. The maximum absolute atomic E-state index is 13.3. The van der Waals surface area contributed by atoms with Crippen LogP contribution in [0.25, 0.3) is 0 Å². The molecule has 69 heavy (non-hydrogen) atoms. The first kappa shape index (κ1) is 66.3. The number of rotatable bonds is 53. The molecule has 6 nitrogen and oxygen atoms in total. The van der Waals surface area contributed by atoms with Crippen molar-refractivity contribution >= 4 is 11.9 Å². The minimum atomic E-state index is -0.804. The Kier molecular flexibility index (Phi) is 54.0. The predicted molar refractivity (Wildman–Crippen MR) is 301 cm³/mol. The van der Waals surface area contributed by atoms with Gasteiger partial charge in [-0.1, -0.05) is 280 Å². The van der Waals surface area contributed by atoms with E-state index in [0.29, 0.717) is 19.3 Å². The second kappa shape index (κ2) is 56.2. The van der Waals surface area contributed by atoms with Crippen molar-refractivity contribution in [1.82, 2.24) is 5.32 Å². The van der Waals surface area contributed by atoms with Crippen molar-refractivity contribution in [3.63, 3.8) is 0 Å². The number of carbonyl (C=O) groups excluding carboxylic acids is 2. The SMILES string of the molecule is CCC/C=C/C=C/C=C/C=C/C=C/CCCCCC(CC(=O)NC(CO)C(O)CCCCCCCCCCCCCCCCCCC)OC(=O)CCCCCCCCC/C=C/CCCCCCCC. The molecular formula is C63H113NO5. The van der Waals surface area contributed by atoms with Gasteiger partial charge >= 0.3 is 5.97 Å². The lowest BCUT2D eigenvalue weighted by atomic mass is 10.0. The van der Waals surface area contributed by atoms with Gasteiger partial charge in [0.15, 0.2) is 0 Å². The first-order chi connectivity index (χ1) is 34.0. The summed E-state index contributed by atoms with van der Waals surface area (Å²) in [5.41, 5.74) is 0. The Morgan fingerprint density at radius 1 is 0.420 bits per heavy atom. The number of esters is 1. The third-order valence-corrected chi connectivity index (χ3v) is 13.4. The Morgan fingerprint density at radius 3 is 1.23 bits per heavy atom. The monoisotopic (exact) mass is 964 g/mol. The quantitative estimate of drug-likeness (QED) is 0.0244. The smallest absolute Gasteiger partial charge is 0.306 e. The average Bonchev–Trinajstić information content (AvgIpc) is 3.34. The number of amides is 1. The summed E-state index contributed by atoms with van der Waals surface area (Å²) in [6, 6.07) is -0.721. The molecule has 400 valence electrons. The van der Waals surface area contributed by atoms with Crippen LogP contribution in [0.5, 0.6) is 0 Å². The number of allylic oxidation sites excluding steroid dienone is 12. The normalized spacial score (nSPS) is 13.6. The average molecular weight is 965 g/mol. The van der Waals surface area contributed by atoms with Gasteiger partial charge in [-0.15, -0.1) is 0 Å². The number of aliphatic hydroxyl groups excluding tert-OH is 2. The summed E-state index contributed by atoms with van der Waals surface area (Å²) in [7, 11) is 0. The molecule has 0 aliphatic rings. The van der Waals surface area contributed by atoms with Gasteiger partial charge in [0.2, 0.25) is 5.91 Å². The number of ether oxygens (including phenoxy) is 1. The molecule has 3 unspecified atom stereocenters. The van der Waals surface area contributed by atoms with E-state index >= 15 is 0 Å². The zero-order chi connectivity index (χ0) is 50.2. The summed E-state index contributed by atoms with van der Waals surface area (Å²) >= 11 is 0. The lowest BCUT2D eigenvalue weighted by molar-refractivity contribution is -0.151. The number of unbranched alkanes of at least 4 members (excludes halogenated alkanes) is 33. The molecule has 0 saturated carbocycles. The Bertz CT molecular complexity index is 1270. The van der Waals surface area contributed by atoms with E-state index in [4.69, 9.17) is 4.74 Å². The summed E-state index contributed by atoms with van der Waals surface area (Å²) in [4.78, 5) is 26.3. The molecule has 0 heterocycles. The van der Waals surface area contributed by atoms with Crippen LogP contribution in [-0.4, -0.2) is 46.9 Å². The van der Waals surface area contributed by atoms with Crippen LogP contribution < -0.4 is 5.32 Å². The van der Waals surface area contributed by atoms with E-state index in [9.17, 15) is 19.8 Å². The van der Waals surface area contributed by atoms with Gasteiger partial charge in [0.05, 0.1) is 25.2 Å². The summed E-state index contributed by atoms with van der Waals surface area (Å²) < 4.78 is 5.95. The molecule has 0 aliphatic carbocycles. The molecule has 0 aliphatic heterocycles. The molecular weight excluding hydrogens is 851 g/mol. The van der Waals surface area contributed by atoms with Crippen molar-refractivity contribution < 1.29 is 24.5 Å². The lowest BCUT2D eigenvalue weighted by Crippen LogP contribution is -2.46. The first-order valence-corrected chi connectivity index (χ1v) is 29.7. The zero-order valence-corrected chi connectivity index (χ0v) is 45.7. The molecule has 3 N–H and O–H groups in total. The van der Waals surface area contributed by atoms with Crippen molar-refractivity contribution in [2.75, 3.05) is 6.61 Å². The van der Waals surface area contributed by atoms with Crippen molar-refractivity contribution in [2.24, 2.45) is 0 Å². The second-order valence-corrected chi connectivity index (χ2v) is 20.2. The van der Waals surface area contributed by atoms with Gasteiger partial charge in [0.1, 0.15) is 6.10 Å². The van der Waals surface area contributed by atoms with E-state index in [-0.39, 0.29) is 24.9 Å². The predicted octanol–water partition coefficient (Wildman–Crippen LogP) is 18.5. The molecule has 3 atom stereocenters. The summed E-state index contributed by atoms with van der Waals surface area (Å²) in [6.45, 7) is 6.41. The van der Waals surface area contributed by atoms with Crippen LogP contribution >= 0.6 is 0 Å². The van der Waals surface area contributed by atoms with Gasteiger partial charge in [-0.3, -0.25) is 9.59 Å². The van der Waals surface area contributed by atoms with Gasteiger partial charge in [0.25, 0.3) is 0 Å². The fraction of sp³-hybridized carbons (Fsp3) is 0.778. The van der Waals surface area contributed by atoms with Crippen molar-refractivity contribution in [3.05, 3.63) is 72.9 Å². The third kappa shape index (κ3) is 51.5. The highest BCUT2D eigenvalue weighted by Gasteiger charge is 2.24. The van der Waals surface area contributed by atoms with Crippen LogP contribution in [0.2, 0.25) is 0 Å². The molecule has 0 spiro atoms. The highest BCUT2D eigenvalue weighted by Crippen LogP contribution is 2.18. The molecule has 0 fully saturated rings. The maximum Gasteiger partial charge on any atom is 0.306 e. The second-order valence-electron chi connectivity index (χ2n) is 20.2. The largest absolute Gasteiger partial charge is 0.462 e. The number of aliphatic hydroxyl groups is 2. The van der Waals surface area contributed by atoms with E-state index in [1.807, 2.05) is 30.4 Å². The molecule has 0 aromatic heterocycles. The Hall–Kier alpha value is -2.70. The minimum Gasteiger partial charge on any atom is -0.462 e. The number of hydrogen-bond donors (Lipinski definition) is 3. The number of hydrogen-bond acceptors (Lipinski definition) is 5. The molecule has 0 aromatic carbocycles. The van der Waals surface area contributed by atoms with Crippen LogP contribution in [0.4, 0.5) is 0 Å². The number of nitrogens with one attached hydrogen (secondary N) is 1.